The molecule has 0 aliphatic heterocycles. The molecule has 26 heavy (non-hydrogen) atoms. The van der Waals surface area contributed by atoms with Gasteiger partial charge in [0.2, 0.25) is 5.91 Å². The van der Waals surface area contributed by atoms with E-state index in [1.165, 1.54) is 13.0 Å². The predicted molar refractivity (Wildman–Crippen MR) is 101 cm³/mol. The summed E-state index contributed by atoms with van der Waals surface area (Å²) in [6, 6.07) is 11.3. The van der Waals surface area contributed by atoms with Crippen LogP contribution in [0.3, 0.4) is 0 Å². The van der Waals surface area contributed by atoms with Gasteiger partial charge in [0.1, 0.15) is 11.5 Å². The first-order chi connectivity index (χ1) is 12.4. The van der Waals surface area contributed by atoms with Gasteiger partial charge in [-0.1, -0.05) is 12.1 Å². The van der Waals surface area contributed by atoms with Crippen LogP contribution in [0.5, 0.6) is 11.5 Å². The van der Waals surface area contributed by atoms with Gasteiger partial charge in [0, 0.05) is 19.5 Å². The second-order valence-corrected chi connectivity index (χ2v) is 5.98. The number of methoxy groups -OCH3 is 1. The molecule has 0 atom stereocenters. The summed E-state index contributed by atoms with van der Waals surface area (Å²) in [6.45, 7) is 5.55. The first-order valence-electron chi connectivity index (χ1n) is 8.27. The number of benzene rings is 2. The summed E-state index contributed by atoms with van der Waals surface area (Å²) in [6.07, 6.45) is 3.23. The van der Waals surface area contributed by atoms with Crippen LogP contribution in [-0.2, 0) is 16.1 Å². The van der Waals surface area contributed by atoms with E-state index < -0.39 is 0 Å². The Labute approximate surface area is 153 Å². The van der Waals surface area contributed by atoms with Gasteiger partial charge in [0.15, 0.2) is 0 Å². The molecule has 0 spiro atoms. The van der Waals surface area contributed by atoms with Gasteiger partial charge in [-0.2, -0.15) is 0 Å². The van der Waals surface area contributed by atoms with E-state index in [-0.39, 0.29) is 11.9 Å². The highest BCUT2D eigenvalue weighted by molar-refractivity contribution is 5.91. The maximum Gasteiger partial charge on any atom is 0.308 e. The van der Waals surface area contributed by atoms with Crippen LogP contribution in [0.25, 0.3) is 6.08 Å². The van der Waals surface area contributed by atoms with Crippen molar-refractivity contribution in [2.45, 2.75) is 27.3 Å². The largest absolute Gasteiger partial charge is 0.497 e. The number of carbonyl (C=O) groups is 2. The molecule has 5 nitrogen and oxygen atoms in total. The van der Waals surface area contributed by atoms with Gasteiger partial charge < -0.3 is 14.8 Å². The van der Waals surface area contributed by atoms with Crippen molar-refractivity contribution in [2.75, 3.05) is 7.11 Å². The van der Waals surface area contributed by atoms with Gasteiger partial charge in [0.25, 0.3) is 0 Å². The lowest BCUT2D eigenvalue weighted by Gasteiger charge is -2.10. The molecule has 2 rings (SSSR count). The fraction of sp³-hybridized carbons (Fsp3) is 0.238. The van der Waals surface area contributed by atoms with Crippen molar-refractivity contribution in [2.24, 2.45) is 0 Å². The number of amides is 1. The van der Waals surface area contributed by atoms with Crippen molar-refractivity contribution in [1.82, 2.24) is 5.32 Å². The lowest BCUT2D eigenvalue weighted by Crippen LogP contribution is -2.20. The molecular weight excluding hydrogens is 330 g/mol. The van der Waals surface area contributed by atoms with Crippen molar-refractivity contribution < 1.29 is 19.1 Å². The van der Waals surface area contributed by atoms with E-state index in [0.717, 1.165) is 28.0 Å². The summed E-state index contributed by atoms with van der Waals surface area (Å²) < 4.78 is 10.3. The van der Waals surface area contributed by atoms with E-state index >= 15 is 0 Å². The third-order valence-corrected chi connectivity index (χ3v) is 3.78. The lowest BCUT2D eigenvalue weighted by molar-refractivity contribution is -0.132. The number of esters is 1. The minimum absolute atomic E-state index is 0.180. The Bertz CT molecular complexity index is 799. The van der Waals surface area contributed by atoms with Crippen LogP contribution in [-0.4, -0.2) is 19.0 Å². The Balaban J connectivity index is 1.97. The van der Waals surface area contributed by atoms with Crippen LogP contribution in [0.2, 0.25) is 0 Å². The second kappa shape index (κ2) is 8.85. The Morgan fingerprint density at radius 1 is 1.08 bits per heavy atom. The minimum atomic E-state index is -0.350. The van der Waals surface area contributed by atoms with Crippen molar-refractivity contribution >= 4 is 18.0 Å². The van der Waals surface area contributed by atoms with E-state index in [1.807, 2.05) is 50.2 Å². The molecule has 1 amide bonds. The SMILES string of the molecule is COc1ccc(CNC(=O)/C=C/c2cc(C)c(OC(C)=O)c(C)c2)cc1. The lowest BCUT2D eigenvalue weighted by atomic mass is 10.1. The molecule has 5 heteroatoms. The fourth-order valence-corrected chi connectivity index (χ4v) is 2.55. The number of rotatable bonds is 6. The predicted octanol–water partition coefficient (Wildman–Crippen LogP) is 3.57. The third-order valence-electron chi connectivity index (χ3n) is 3.78. The standard InChI is InChI=1S/C21H23NO4/c1-14-11-18(12-15(2)21(14)26-16(3)23)7-10-20(24)22-13-17-5-8-19(25-4)9-6-17/h5-12H,13H2,1-4H3,(H,22,24)/b10-7+. The second-order valence-electron chi connectivity index (χ2n) is 5.98. The summed E-state index contributed by atoms with van der Waals surface area (Å²) >= 11 is 0. The molecule has 136 valence electrons. The monoisotopic (exact) mass is 353 g/mol. The smallest absolute Gasteiger partial charge is 0.308 e. The average Bonchev–Trinajstić information content (AvgIpc) is 2.61. The number of carbonyl (C=O) groups excluding carboxylic acids is 2. The maximum atomic E-state index is 12.0. The van der Waals surface area contributed by atoms with Crippen LogP contribution in [0.1, 0.15) is 29.2 Å². The van der Waals surface area contributed by atoms with Gasteiger partial charge in [-0.25, -0.2) is 0 Å². The number of hydrogen-bond donors (Lipinski definition) is 1. The molecular formula is C21H23NO4. The number of nitrogens with one attached hydrogen (secondary N) is 1. The van der Waals surface area contributed by atoms with Crippen molar-refractivity contribution in [1.29, 1.82) is 0 Å². The van der Waals surface area contributed by atoms with E-state index in [1.54, 1.807) is 13.2 Å². The van der Waals surface area contributed by atoms with Crippen molar-refractivity contribution in [3.05, 3.63) is 64.7 Å². The molecule has 0 aromatic heterocycles. The first kappa shape index (κ1) is 19.2. The summed E-state index contributed by atoms with van der Waals surface area (Å²) in [5.74, 6) is 0.819. The molecule has 0 saturated carbocycles. The van der Waals surface area contributed by atoms with Gasteiger partial charge in [0.05, 0.1) is 7.11 Å². The molecule has 0 heterocycles. The minimum Gasteiger partial charge on any atom is -0.497 e. The van der Waals surface area contributed by atoms with Crippen molar-refractivity contribution in [3.8, 4) is 11.5 Å². The topological polar surface area (TPSA) is 64.6 Å². The molecule has 2 aromatic rings. The van der Waals surface area contributed by atoms with Crippen LogP contribution in [0.4, 0.5) is 0 Å². The summed E-state index contributed by atoms with van der Waals surface area (Å²) in [5, 5.41) is 2.84. The molecule has 0 radical (unpaired) electrons. The molecule has 0 saturated heterocycles. The van der Waals surface area contributed by atoms with Gasteiger partial charge in [-0.3, -0.25) is 9.59 Å². The highest BCUT2D eigenvalue weighted by Gasteiger charge is 2.08. The average molecular weight is 353 g/mol. The molecule has 2 aromatic carbocycles. The highest BCUT2D eigenvalue weighted by atomic mass is 16.5. The zero-order valence-electron chi connectivity index (χ0n) is 15.5. The summed E-state index contributed by atoms with van der Waals surface area (Å²) in [4.78, 5) is 23.1. The van der Waals surface area contributed by atoms with Crippen LogP contribution < -0.4 is 14.8 Å². The molecule has 0 aliphatic carbocycles. The number of aryl methyl sites for hydroxylation is 2. The van der Waals surface area contributed by atoms with Gasteiger partial charge in [-0.15, -0.1) is 0 Å². The quantitative estimate of drug-likeness (QED) is 0.490. The summed E-state index contributed by atoms with van der Waals surface area (Å²) in [7, 11) is 1.61. The van der Waals surface area contributed by atoms with E-state index in [4.69, 9.17) is 9.47 Å². The third kappa shape index (κ3) is 5.48. The molecule has 0 unspecified atom stereocenters. The zero-order valence-corrected chi connectivity index (χ0v) is 15.5. The Hall–Kier alpha value is -3.08. The normalized spacial score (nSPS) is 10.6. The number of hydrogen-bond acceptors (Lipinski definition) is 4. The van der Waals surface area contributed by atoms with E-state index in [9.17, 15) is 9.59 Å². The van der Waals surface area contributed by atoms with Crippen molar-refractivity contribution in [3.63, 3.8) is 0 Å². The molecule has 0 bridgehead atoms. The zero-order chi connectivity index (χ0) is 19.1. The van der Waals surface area contributed by atoms with E-state index in [2.05, 4.69) is 5.32 Å². The van der Waals surface area contributed by atoms with Crippen LogP contribution in [0.15, 0.2) is 42.5 Å². The summed E-state index contributed by atoms with van der Waals surface area (Å²) in [5.41, 5.74) is 3.55. The molecule has 0 fully saturated rings. The molecule has 0 aliphatic rings. The maximum absolute atomic E-state index is 12.0. The fourth-order valence-electron chi connectivity index (χ4n) is 2.55. The van der Waals surface area contributed by atoms with E-state index in [0.29, 0.717) is 12.3 Å². The number of ether oxygens (including phenoxy) is 2. The van der Waals surface area contributed by atoms with Crippen LogP contribution >= 0.6 is 0 Å². The Morgan fingerprint density at radius 2 is 1.69 bits per heavy atom. The molecule has 1 N–H and O–H groups in total. The van der Waals surface area contributed by atoms with Gasteiger partial charge in [-0.05, 0) is 66.4 Å². The van der Waals surface area contributed by atoms with Gasteiger partial charge >= 0.3 is 5.97 Å². The Morgan fingerprint density at radius 3 is 2.23 bits per heavy atom. The first-order valence-corrected chi connectivity index (χ1v) is 8.27. The highest BCUT2D eigenvalue weighted by Crippen LogP contribution is 2.25. The Kier molecular flexibility index (Phi) is 6.55. The van der Waals surface area contributed by atoms with Crippen LogP contribution in [0, 0.1) is 13.8 Å².